The van der Waals surface area contributed by atoms with Crippen molar-refractivity contribution in [2.45, 2.75) is 18.9 Å². The van der Waals surface area contributed by atoms with Gasteiger partial charge in [0.1, 0.15) is 0 Å². The fourth-order valence-corrected chi connectivity index (χ4v) is 2.42. The van der Waals surface area contributed by atoms with Gasteiger partial charge in [-0.05, 0) is 29.2 Å². The average Bonchev–Trinajstić information content (AvgIpc) is 2.82. The molecule has 1 heterocycles. The second-order valence-corrected chi connectivity index (χ2v) is 4.13. The smallest absolute Gasteiger partial charge is 0.0502 e. The molecule has 0 spiro atoms. The van der Waals surface area contributed by atoms with Crippen molar-refractivity contribution in [3.05, 3.63) is 48.0 Å². The molecule has 1 radical (unpaired) electrons. The van der Waals surface area contributed by atoms with Crippen molar-refractivity contribution in [1.29, 1.82) is 0 Å². The summed E-state index contributed by atoms with van der Waals surface area (Å²) in [5.74, 6) is 0. The zero-order chi connectivity index (χ0) is 10.1. The van der Waals surface area contributed by atoms with Crippen molar-refractivity contribution >= 4 is 10.8 Å². The van der Waals surface area contributed by atoms with Gasteiger partial charge in [0, 0.05) is 6.54 Å². The summed E-state index contributed by atoms with van der Waals surface area (Å²) in [6.45, 7) is 1.04. The fraction of sp³-hybridized carbons (Fsp3) is 0.286. The van der Waals surface area contributed by atoms with Crippen LogP contribution in [0.4, 0.5) is 0 Å². The van der Waals surface area contributed by atoms with Crippen molar-refractivity contribution in [2.24, 2.45) is 0 Å². The number of fused-ring (bicyclic) bond motifs is 1. The topological polar surface area (TPSA) is 14.1 Å². The highest BCUT2D eigenvalue weighted by molar-refractivity contribution is 5.86. The van der Waals surface area contributed by atoms with Gasteiger partial charge < -0.3 is 0 Å². The fourth-order valence-electron chi connectivity index (χ4n) is 2.42. The SMILES string of the molecule is c1ccc2c(C3CCC[N]3)cccc2c1. The van der Waals surface area contributed by atoms with Crippen molar-refractivity contribution < 1.29 is 0 Å². The van der Waals surface area contributed by atoms with Crippen LogP contribution >= 0.6 is 0 Å². The molecule has 15 heavy (non-hydrogen) atoms. The highest BCUT2D eigenvalue weighted by Gasteiger charge is 2.18. The zero-order valence-electron chi connectivity index (χ0n) is 8.69. The summed E-state index contributed by atoms with van der Waals surface area (Å²) in [6.07, 6.45) is 2.46. The second kappa shape index (κ2) is 3.67. The lowest BCUT2D eigenvalue weighted by molar-refractivity contribution is 0.640. The quantitative estimate of drug-likeness (QED) is 0.664. The molecule has 1 unspecified atom stereocenters. The number of hydrogen-bond acceptors (Lipinski definition) is 0. The summed E-state index contributed by atoms with van der Waals surface area (Å²) in [5, 5.41) is 7.36. The Morgan fingerprint density at radius 3 is 2.73 bits per heavy atom. The second-order valence-electron chi connectivity index (χ2n) is 4.13. The summed E-state index contributed by atoms with van der Waals surface area (Å²) in [5.41, 5.74) is 1.41. The Kier molecular flexibility index (Phi) is 2.18. The van der Waals surface area contributed by atoms with Gasteiger partial charge in [-0.2, -0.15) is 0 Å². The molecule has 3 rings (SSSR count). The molecule has 1 nitrogen and oxygen atoms in total. The van der Waals surface area contributed by atoms with Crippen molar-refractivity contribution in [2.75, 3.05) is 6.54 Å². The van der Waals surface area contributed by atoms with E-state index in [4.69, 9.17) is 0 Å². The summed E-state index contributed by atoms with van der Waals surface area (Å²) in [4.78, 5) is 0. The molecule has 1 fully saturated rings. The number of nitrogens with zero attached hydrogens (tertiary/aromatic N) is 1. The van der Waals surface area contributed by atoms with E-state index in [0.717, 1.165) is 6.54 Å². The average molecular weight is 196 g/mol. The molecular weight excluding hydrogens is 182 g/mol. The molecule has 0 saturated carbocycles. The van der Waals surface area contributed by atoms with Crippen LogP contribution in [0.5, 0.6) is 0 Å². The first-order valence-corrected chi connectivity index (χ1v) is 5.59. The zero-order valence-corrected chi connectivity index (χ0v) is 8.69. The predicted octanol–water partition coefficient (Wildman–Crippen LogP) is 3.28. The maximum Gasteiger partial charge on any atom is 0.0502 e. The van der Waals surface area contributed by atoms with Crippen molar-refractivity contribution in [3.8, 4) is 0 Å². The van der Waals surface area contributed by atoms with E-state index in [2.05, 4.69) is 47.8 Å². The number of benzene rings is 2. The van der Waals surface area contributed by atoms with E-state index in [9.17, 15) is 0 Å². The molecule has 2 aromatic rings. The normalized spacial score (nSPS) is 20.9. The standard InChI is InChI=1S/C14H14N/c1-2-7-12-11(5-1)6-3-8-13(12)14-9-4-10-15-14/h1-3,5-8,14H,4,9-10H2. The maximum atomic E-state index is 4.66. The summed E-state index contributed by atoms with van der Waals surface area (Å²) < 4.78 is 0. The van der Waals surface area contributed by atoms with Crippen LogP contribution in [0.1, 0.15) is 24.4 Å². The van der Waals surface area contributed by atoms with Crippen molar-refractivity contribution in [3.63, 3.8) is 0 Å². The van der Waals surface area contributed by atoms with E-state index in [1.807, 2.05) is 0 Å². The molecule has 0 N–H and O–H groups in total. The lowest BCUT2D eigenvalue weighted by atomic mass is 9.98. The Balaban J connectivity index is 2.16. The van der Waals surface area contributed by atoms with Crippen LogP contribution in [-0.2, 0) is 0 Å². The van der Waals surface area contributed by atoms with Gasteiger partial charge in [0.2, 0.25) is 0 Å². The molecular formula is C14H14N. The van der Waals surface area contributed by atoms with E-state index >= 15 is 0 Å². The van der Waals surface area contributed by atoms with E-state index in [1.54, 1.807) is 0 Å². The van der Waals surface area contributed by atoms with Crippen molar-refractivity contribution in [1.82, 2.24) is 5.32 Å². The molecule has 0 amide bonds. The molecule has 75 valence electrons. The van der Waals surface area contributed by atoms with Gasteiger partial charge in [0.15, 0.2) is 0 Å². The molecule has 1 aliphatic rings. The summed E-state index contributed by atoms with van der Waals surface area (Å²) in [6, 6.07) is 15.6. The molecule has 0 bridgehead atoms. The van der Waals surface area contributed by atoms with E-state index in [0.29, 0.717) is 6.04 Å². The number of rotatable bonds is 1. The van der Waals surface area contributed by atoms with Crippen LogP contribution in [0, 0.1) is 0 Å². The van der Waals surface area contributed by atoms with E-state index in [1.165, 1.54) is 29.2 Å². The molecule has 2 aromatic carbocycles. The van der Waals surface area contributed by atoms with Gasteiger partial charge in [0.05, 0.1) is 6.04 Å². The first kappa shape index (κ1) is 8.93. The first-order valence-electron chi connectivity index (χ1n) is 5.59. The highest BCUT2D eigenvalue weighted by Crippen LogP contribution is 2.30. The van der Waals surface area contributed by atoms with E-state index < -0.39 is 0 Å². The van der Waals surface area contributed by atoms with Gasteiger partial charge in [-0.15, -0.1) is 0 Å². The summed E-state index contributed by atoms with van der Waals surface area (Å²) >= 11 is 0. The third kappa shape index (κ3) is 1.53. The van der Waals surface area contributed by atoms with Crippen LogP contribution in [0.3, 0.4) is 0 Å². The minimum Gasteiger partial charge on any atom is -0.234 e. The Bertz CT molecular complexity index is 464. The molecule has 1 atom stereocenters. The van der Waals surface area contributed by atoms with Crippen LogP contribution in [0.25, 0.3) is 10.8 Å². The number of hydrogen-bond donors (Lipinski definition) is 0. The lowest BCUT2D eigenvalue weighted by Crippen LogP contribution is -2.05. The molecule has 1 aliphatic heterocycles. The van der Waals surface area contributed by atoms with Crippen LogP contribution in [-0.4, -0.2) is 6.54 Å². The van der Waals surface area contributed by atoms with Gasteiger partial charge in [-0.25, -0.2) is 5.32 Å². The maximum absolute atomic E-state index is 4.66. The van der Waals surface area contributed by atoms with Gasteiger partial charge in [-0.1, -0.05) is 42.5 Å². The third-order valence-corrected chi connectivity index (χ3v) is 3.17. The van der Waals surface area contributed by atoms with Crippen LogP contribution in [0.15, 0.2) is 42.5 Å². The monoisotopic (exact) mass is 196 g/mol. The summed E-state index contributed by atoms with van der Waals surface area (Å²) in [7, 11) is 0. The van der Waals surface area contributed by atoms with Gasteiger partial charge in [-0.3, -0.25) is 0 Å². The Hall–Kier alpha value is -1.34. The minimum atomic E-state index is 0.441. The Morgan fingerprint density at radius 1 is 1.00 bits per heavy atom. The molecule has 1 heteroatoms. The Morgan fingerprint density at radius 2 is 1.87 bits per heavy atom. The van der Waals surface area contributed by atoms with Crippen LogP contribution in [0.2, 0.25) is 0 Å². The van der Waals surface area contributed by atoms with Gasteiger partial charge in [0.25, 0.3) is 0 Å². The largest absolute Gasteiger partial charge is 0.234 e. The Labute approximate surface area is 90.1 Å². The predicted molar refractivity (Wildman–Crippen MR) is 62.9 cm³/mol. The highest BCUT2D eigenvalue weighted by atomic mass is 14.9. The molecule has 0 aromatic heterocycles. The minimum absolute atomic E-state index is 0.441. The third-order valence-electron chi connectivity index (χ3n) is 3.17. The molecule has 0 aliphatic carbocycles. The van der Waals surface area contributed by atoms with Crippen LogP contribution < -0.4 is 5.32 Å². The first-order chi connectivity index (χ1) is 7.45. The van der Waals surface area contributed by atoms with E-state index in [-0.39, 0.29) is 0 Å². The lowest BCUT2D eigenvalue weighted by Gasteiger charge is -2.12. The molecule has 1 saturated heterocycles. The van der Waals surface area contributed by atoms with Gasteiger partial charge >= 0.3 is 0 Å².